The van der Waals surface area contributed by atoms with Gasteiger partial charge in [0, 0.05) is 67.1 Å². The summed E-state index contributed by atoms with van der Waals surface area (Å²) < 4.78 is 0. The van der Waals surface area contributed by atoms with E-state index in [4.69, 9.17) is 0 Å². The van der Waals surface area contributed by atoms with Gasteiger partial charge < -0.3 is 14.8 Å². The van der Waals surface area contributed by atoms with Gasteiger partial charge in [0.05, 0.1) is 17.6 Å². The van der Waals surface area contributed by atoms with Crippen molar-refractivity contribution in [1.82, 2.24) is 14.9 Å². The van der Waals surface area contributed by atoms with Gasteiger partial charge in [0.25, 0.3) is 0 Å². The second-order valence-electron chi connectivity index (χ2n) is 10.0. The summed E-state index contributed by atoms with van der Waals surface area (Å²) >= 11 is 0. The first kappa shape index (κ1) is 25.9. The van der Waals surface area contributed by atoms with Crippen LogP contribution in [0, 0.1) is 0 Å². The normalized spacial score (nSPS) is 11.2. The fourth-order valence-electron chi connectivity index (χ4n) is 4.54. The molecule has 0 fully saturated rings. The summed E-state index contributed by atoms with van der Waals surface area (Å²) in [7, 11) is 3.51. The maximum absolute atomic E-state index is 13.2. The fraction of sp³-hybridized carbons (Fsp3) is 0.300. The number of rotatable bonds is 8. The van der Waals surface area contributed by atoms with E-state index >= 15 is 0 Å². The summed E-state index contributed by atoms with van der Waals surface area (Å²) in [6.07, 6.45) is 5.30. The van der Waals surface area contributed by atoms with Gasteiger partial charge >= 0.3 is 6.03 Å². The highest BCUT2D eigenvalue weighted by atomic mass is 16.2. The van der Waals surface area contributed by atoms with Gasteiger partial charge in [-0.25, -0.2) is 4.79 Å². The molecule has 7 nitrogen and oxygen atoms in total. The van der Waals surface area contributed by atoms with Gasteiger partial charge in [-0.15, -0.1) is 0 Å². The summed E-state index contributed by atoms with van der Waals surface area (Å²) in [5.74, 6) is -0.00379. The molecule has 37 heavy (non-hydrogen) atoms. The van der Waals surface area contributed by atoms with Crippen LogP contribution < -0.4 is 9.80 Å². The smallest absolute Gasteiger partial charge is 0.324 e. The number of ketones is 1. The average molecular weight is 498 g/mol. The van der Waals surface area contributed by atoms with E-state index in [0.717, 1.165) is 27.8 Å². The zero-order chi connectivity index (χ0) is 26.7. The van der Waals surface area contributed by atoms with Crippen LogP contribution in [0.15, 0.2) is 73.2 Å². The van der Waals surface area contributed by atoms with Crippen LogP contribution >= 0.6 is 0 Å². The number of para-hydroxylation sites is 1. The Morgan fingerprint density at radius 3 is 2.24 bits per heavy atom. The summed E-state index contributed by atoms with van der Waals surface area (Å²) in [5, 5.41) is 0.926. The first-order chi connectivity index (χ1) is 17.7. The number of anilines is 2. The van der Waals surface area contributed by atoms with Gasteiger partial charge in [-0.3, -0.25) is 14.7 Å². The lowest BCUT2D eigenvalue weighted by Crippen LogP contribution is -2.44. The van der Waals surface area contributed by atoms with Crippen molar-refractivity contribution < 1.29 is 9.59 Å². The lowest BCUT2D eigenvalue weighted by atomic mass is 10.0. The second-order valence-corrected chi connectivity index (χ2v) is 10.0. The number of pyridine rings is 1. The SMILES string of the molecule is CC(C)N(Cc1ccc(C(=O)c2c[nH]c3ccccc23)cc1)c1ccncc1N(C(=O)N(C)C)C(C)C. The molecule has 0 aliphatic heterocycles. The van der Waals surface area contributed by atoms with E-state index in [1.165, 1.54) is 0 Å². The van der Waals surface area contributed by atoms with Crippen LogP contribution in [0.4, 0.5) is 16.2 Å². The minimum absolute atomic E-state index is 0.00379. The highest BCUT2D eigenvalue weighted by Crippen LogP contribution is 2.33. The molecule has 0 unspecified atom stereocenters. The van der Waals surface area contributed by atoms with Crippen molar-refractivity contribution >= 4 is 34.1 Å². The number of amides is 2. The van der Waals surface area contributed by atoms with E-state index in [9.17, 15) is 9.59 Å². The number of H-pyrrole nitrogens is 1. The Balaban J connectivity index is 1.62. The molecule has 4 aromatic rings. The van der Waals surface area contributed by atoms with E-state index in [-0.39, 0.29) is 23.9 Å². The predicted octanol–water partition coefficient (Wildman–Crippen LogP) is 6.11. The Hall–Kier alpha value is -4.13. The van der Waals surface area contributed by atoms with Crippen LogP contribution in [0.2, 0.25) is 0 Å². The third-order valence-electron chi connectivity index (χ3n) is 6.48. The van der Waals surface area contributed by atoms with Crippen molar-refractivity contribution in [3.8, 4) is 0 Å². The highest BCUT2D eigenvalue weighted by Gasteiger charge is 2.26. The van der Waals surface area contributed by atoms with Gasteiger partial charge in [-0.05, 0) is 45.4 Å². The molecule has 192 valence electrons. The van der Waals surface area contributed by atoms with Crippen LogP contribution in [-0.4, -0.2) is 52.9 Å². The molecular weight excluding hydrogens is 462 g/mol. The van der Waals surface area contributed by atoms with Gasteiger partial charge in [0.15, 0.2) is 5.78 Å². The van der Waals surface area contributed by atoms with E-state index in [2.05, 4.69) is 28.7 Å². The van der Waals surface area contributed by atoms with Crippen molar-refractivity contribution in [2.75, 3.05) is 23.9 Å². The number of aromatic amines is 1. The molecule has 0 aliphatic rings. The van der Waals surface area contributed by atoms with Crippen LogP contribution in [-0.2, 0) is 6.54 Å². The second kappa shape index (κ2) is 10.9. The van der Waals surface area contributed by atoms with Gasteiger partial charge in [-0.1, -0.05) is 42.5 Å². The van der Waals surface area contributed by atoms with Crippen molar-refractivity contribution in [1.29, 1.82) is 0 Å². The lowest BCUT2D eigenvalue weighted by molar-refractivity contribution is 0.104. The number of nitrogens with zero attached hydrogens (tertiary/aromatic N) is 4. The number of nitrogens with one attached hydrogen (secondary N) is 1. The summed E-state index contributed by atoms with van der Waals surface area (Å²) in [6.45, 7) is 8.89. The number of benzene rings is 2. The standard InChI is InChI=1S/C30H35N5O2/c1-20(2)34(27-15-16-31-18-28(27)35(21(3)4)30(37)33(5)6)19-22-11-13-23(14-12-22)29(36)25-17-32-26-10-8-7-9-24(25)26/h7-18,20-21,32H,19H2,1-6H3. The number of carbonyl (C=O) groups excluding carboxylic acids is 2. The first-order valence-corrected chi connectivity index (χ1v) is 12.6. The molecule has 0 aliphatic carbocycles. The molecular formula is C30H35N5O2. The number of hydrogen-bond acceptors (Lipinski definition) is 4. The van der Waals surface area contributed by atoms with E-state index in [1.807, 2.05) is 68.4 Å². The molecule has 0 spiro atoms. The molecule has 2 aromatic carbocycles. The maximum Gasteiger partial charge on any atom is 0.324 e. The molecule has 2 amide bonds. The Morgan fingerprint density at radius 1 is 0.892 bits per heavy atom. The third-order valence-corrected chi connectivity index (χ3v) is 6.48. The van der Waals surface area contributed by atoms with Crippen LogP contribution in [0.3, 0.4) is 0 Å². The number of urea groups is 1. The fourth-order valence-corrected chi connectivity index (χ4v) is 4.54. The molecule has 0 saturated heterocycles. The number of fused-ring (bicyclic) bond motifs is 1. The quantitative estimate of drug-likeness (QED) is 0.298. The minimum Gasteiger partial charge on any atom is -0.363 e. The molecule has 4 rings (SSSR count). The predicted molar refractivity (Wildman–Crippen MR) is 150 cm³/mol. The Bertz CT molecular complexity index is 1390. The summed E-state index contributed by atoms with van der Waals surface area (Å²) in [4.78, 5) is 39.4. The number of carbonyl (C=O) groups is 2. The van der Waals surface area contributed by atoms with E-state index < -0.39 is 0 Å². The van der Waals surface area contributed by atoms with E-state index in [0.29, 0.717) is 17.7 Å². The van der Waals surface area contributed by atoms with Gasteiger partial charge in [0.2, 0.25) is 0 Å². The Kier molecular flexibility index (Phi) is 7.62. The maximum atomic E-state index is 13.2. The molecule has 0 bridgehead atoms. The zero-order valence-electron chi connectivity index (χ0n) is 22.4. The molecule has 2 aromatic heterocycles. The topological polar surface area (TPSA) is 72.5 Å². The third kappa shape index (κ3) is 5.35. The summed E-state index contributed by atoms with van der Waals surface area (Å²) in [6, 6.07) is 17.6. The average Bonchev–Trinajstić information content (AvgIpc) is 3.31. The van der Waals surface area contributed by atoms with E-state index in [1.54, 1.807) is 42.5 Å². The Labute approximate surface area is 218 Å². The first-order valence-electron chi connectivity index (χ1n) is 12.6. The van der Waals surface area contributed by atoms with Gasteiger partial charge in [-0.2, -0.15) is 0 Å². The molecule has 2 heterocycles. The summed E-state index contributed by atoms with van der Waals surface area (Å²) in [5.41, 5.74) is 5.06. The molecule has 7 heteroatoms. The Morgan fingerprint density at radius 2 is 1.59 bits per heavy atom. The van der Waals surface area contributed by atoms with Crippen LogP contribution in [0.1, 0.15) is 49.2 Å². The monoisotopic (exact) mass is 497 g/mol. The molecule has 1 N–H and O–H groups in total. The van der Waals surface area contributed by atoms with Crippen molar-refractivity contribution in [3.63, 3.8) is 0 Å². The number of aromatic nitrogens is 2. The molecule has 0 atom stereocenters. The lowest BCUT2D eigenvalue weighted by Gasteiger charge is -2.36. The van der Waals surface area contributed by atoms with Crippen molar-refractivity contribution in [3.05, 3.63) is 89.9 Å². The number of hydrogen-bond donors (Lipinski definition) is 1. The van der Waals surface area contributed by atoms with Gasteiger partial charge in [0.1, 0.15) is 0 Å². The van der Waals surface area contributed by atoms with Crippen molar-refractivity contribution in [2.24, 2.45) is 0 Å². The van der Waals surface area contributed by atoms with Crippen LogP contribution in [0.25, 0.3) is 10.9 Å². The highest BCUT2D eigenvalue weighted by molar-refractivity contribution is 6.16. The molecule has 0 saturated carbocycles. The van der Waals surface area contributed by atoms with Crippen molar-refractivity contribution in [2.45, 2.75) is 46.3 Å². The van der Waals surface area contributed by atoms with Crippen LogP contribution in [0.5, 0.6) is 0 Å². The minimum atomic E-state index is -0.0897. The molecule has 0 radical (unpaired) electrons. The zero-order valence-corrected chi connectivity index (χ0v) is 22.4. The largest absolute Gasteiger partial charge is 0.363 e.